The van der Waals surface area contributed by atoms with Gasteiger partial charge in [0.05, 0.1) is 0 Å². The smallest absolute Gasteiger partial charge is 0.0446 e. The van der Waals surface area contributed by atoms with Crippen molar-refractivity contribution in [3.63, 3.8) is 0 Å². The van der Waals surface area contributed by atoms with Crippen LogP contribution in [0.15, 0.2) is 54.6 Å². The van der Waals surface area contributed by atoms with Crippen LogP contribution in [-0.2, 0) is 0 Å². The molecule has 0 heterocycles. The van der Waals surface area contributed by atoms with E-state index in [-0.39, 0.29) is 0 Å². The van der Waals surface area contributed by atoms with Crippen molar-refractivity contribution < 1.29 is 0 Å². The Labute approximate surface area is 109 Å². The zero-order valence-corrected chi connectivity index (χ0v) is 10.8. The molecule has 2 aromatic rings. The van der Waals surface area contributed by atoms with Crippen molar-refractivity contribution in [3.8, 4) is 11.1 Å². The molecule has 0 amide bonds. The number of benzene rings is 2. The number of nitrogens with two attached hydrogens (primary N) is 1. The molecule has 18 heavy (non-hydrogen) atoms. The monoisotopic (exact) mass is 240 g/mol. The van der Waals surface area contributed by atoms with Crippen LogP contribution in [0.5, 0.6) is 0 Å². The molecule has 2 heteroatoms. The van der Waals surface area contributed by atoms with Crippen LogP contribution in [0.1, 0.15) is 6.92 Å². The molecule has 2 rings (SSSR count). The van der Waals surface area contributed by atoms with Crippen LogP contribution in [0.25, 0.3) is 11.1 Å². The van der Waals surface area contributed by atoms with Crippen molar-refractivity contribution in [1.82, 2.24) is 0 Å². The molecule has 0 saturated heterocycles. The van der Waals surface area contributed by atoms with E-state index < -0.39 is 0 Å². The Morgan fingerprint density at radius 2 is 1.61 bits per heavy atom. The molecule has 0 spiro atoms. The lowest BCUT2D eigenvalue weighted by Crippen LogP contribution is -2.29. The van der Waals surface area contributed by atoms with Crippen LogP contribution >= 0.6 is 0 Å². The van der Waals surface area contributed by atoms with E-state index >= 15 is 0 Å². The zero-order chi connectivity index (χ0) is 12.8. The van der Waals surface area contributed by atoms with Crippen molar-refractivity contribution in [3.05, 3.63) is 54.6 Å². The largest absolute Gasteiger partial charge is 0.370 e. The van der Waals surface area contributed by atoms with Crippen LogP contribution in [0.2, 0.25) is 0 Å². The van der Waals surface area contributed by atoms with Gasteiger partial charge >= 0.3 is 0 Å². The molecular weight excluding hydrogens is 220 g/mol. The lowest BCUT2D eigenvalue weighted by Gasteiger charge is -2.25. The van der Waals surface area contributed by atoms with Gasteiger partial charge in [-0.2, -0.15) is 0 Å². The first-order valence-corrected chi connectivity index (χ1v) is 6.46. The summed E-state index contributed by atoms with van der Waals surface area (Å²) in [7, 11) is 0. The maximum atomic E-state index is 5.69. The summed E-state index contributed by atoms with van der Waals surface area (Å²) in [6.45, 7) is 4.70. The first kappa shape index (κ1) is 12.7. The van der Waals surface area contributed by atoms with Gasteiger partial charge in [-0.1, -0.05) is 48.5 Å². The average molecular weight is 240 g/mol. The zero-order valence-electron chi connectivity index (χ0n) is 10.8. The molecule has 0 aliphatic heterocycles. The number of anilines is 1. The number of hydrogen-bond acceptors (Lipinski definition) is 2. The first-order valence-electron chi connectivity index (χ1n) is 6.46. The summed E-state index contributed by atoms with van der Waals surface area (Å²) in [5.41, 5.74) is 9.48. The molecule has 0 radical (unpaired) electrons. The summed E-state index contributed by atoms with van der Waals surface area (Å²) >= 11 is 0. The van der Waals surface area contributed by atoms with Gasteiger partial charge in [-0.05, 0) is 18.6 Å². The number of hydrogen-bond donors (Lipinski definition) is 1. The number of para-hydroxylation sites is 1. The van der Waals surface area contributed by atoms with Crippen LogP contribution in [0, 0.1) is 0 Å². The fraction of sp³-hybridized carbons (Fsp3) is 0.250. The predicted octanol–water partition coefficient (Wildman–Crippen LogP) is 3.14. The molecule has 94 valence electrons. The highest BCUT2D eigenvalue weighted by atomic mass is 15.1. The summed E-state index contributed by atoms with van der Waals surface area (Å²) < 4.78 is 0. The van der Waals surface area contributed by atoms with Gasteiger partial charge in [-0.25, -0.2) is 0 Å². The molecule has 0 atom stereocenters. The average Bonchev–Trinajstić information content (AvgIpc) is 2.46. The van der Waals surface area contributed by atoms with Gasteiger partial charge in [0.2, 0.25) is 0 Å². The summed E-state index contributed by atoms with van der Waals surface area (Å²) in [5, 5.41) is 0. The Balaban J connectivity index is 2.42. The molecular formula is C16H20N2. The standard InChI is InChI=1S/C16H20N2/c1-2-18(13-12-17)16-11-7-6-10-15(16)14-8-4-3-5-9-14/h3-11H,2,12-13,17H2,1H3. The minimum atomic E-state index is 0.678. The Bertz CT molecular complexity index is 479. The van der Waals surface area contributed by atoms with Gasteiger partial charge in [0, 0.05) is 30.9 Å². The molecule has 2 aromatic carbocycles. The second-order valence-electron chi connectivity index (χ2n) is 4.25. The fourth-order valence-corrected chi connectivity index (χ4v) is 2.22. The van der Waals surface area contributed by atoms with Gasteiger partial charge in [0.25, 0.3) is 0 Å². The fourth-order valence-electron chi connectivity index (χ4n) is 2.22. The minimum absolute atomic E-state index is 0.678. The molecule has 0 aromatic heterocycles. The Morgan fingerprint density at radius 1 is 0.944 bits per heavy atom. The van der Waals surface area contributed by atoms with Gasteiger partial charge in [-0.15, -0.1) is 0 Å². The number of likely N-dealkylation sites (N-methyl/N-ethyl adjacent to an activating group) is 1. The lowest BCUT2D eigenvalue weighted by atomic mass is 10.0. The van der Waals surface area contributed by atoms with E-state index in [1.807, 2.05) is 6.07 Å². The summed E-state index contributed by atoms with van der Waals surface area (Å²) in [5.74, 6) is 0. The van der Waals surface area contributed by atoms with Crippen molar-refractivity contribution >= 4 is 5.69 Å². The molecule has 0 aliphatic carbocycles. The van der Waals surface area contributed by atoms with Crippen molar-refractivity contribution in [2.24, 2.45) is 5.73 Å². The SMILES string of the molecule is CCN(CCN)c1ccccc1-c1ccccc1. The van der Waals surface area contributed by atoms with Gasteiger partial charge < -0.3 is 10.6 Å². The van der Waals surface area contributed by atoms with Crippen LogP contribution in [0.3, 0.4) is 0 Å². The quantitative estimate of drug-likeness (QED) is 0.870. The van der Waals surface area contributed by atoms with Crippen molar-refractivity contribution in [2.75, 3.05) is 24.5 Å². The second-order valence-corrected chi connectivity index (χ2v) is 4.25. The maximum absolute atomic E-state index is 5.69. The Morgan fingerprint density at radius 3 is 2.28 bits per heavy atom. The molecule has 0 aliphatic rings. The molecule has 2 N–H and O–H groups in total. The van der Waals surface area contributed by atoms with E-state index in [0.29, 0.717) is 6.54 Å². The van der Waals surface area contributed by atoms with E-state index in [0.717, 1.165) is 13.1 Å². The summed E-state index contributed by atoms with van der Waals surface area (Å²) in [6, 6.07) is 19.0. The molecule has 2 nitrogen and oxygen atoms in total. The lowest BCUT2D eigenvalue weighted by molar-refractivity contribution is 0.818. The second kappa shape index (κ2) is 6.22. The third-order valence-electron chi connectivity index (χ3n) is 3.11. The van der Waals surface area contributed by atoms with Crippen LogP contribution in [0.4, 0.5) is 5.69 Å². The predicted molar refractivity (Wildman–Crippen MR) is 78.8 cm³/mol. The van der Waals surface area contributed by atoms with Crippen LogP contribution < -0.4 is 10.6 Å². The van der Waals surface area contributed by atoms with Crippen molar-refractivity contribution in [2.45, 2.75) is 6.92 Å². The van der Waals surface area contributed by atoms with Crippen molar-refractivity contribution in [1.29, 1.82) is 0 Å². The molecule has 0 fully saturated rings. The topological polar surface area (TPSA) is 29.3 Å². The highest BCUT2D eigenvalue weighted by Crippen LogP contribution is 2.30. The van der Waals surface area contributed by atoms with Gasteiger partial charge in [0.15, 0.2) is 0 Å². The maximum Gasteiger partial charge on any atom is 0.0446 e. The van der Waals surface area contributed by atoms with E-state index in [1.54, 1.807) is 0 Å². The number of nitrogens with zero attached hydrogens (tertiary/aromatic N) is 1. The molecule has 0 unspecified atom stereocenters. The molecule has 0 saturated carbocycles. The van der Waals surface area contributed by atoms with E-state index in [2.05, 4.69) is 60.4 Å². The Hall–Kier alpha value is -1.80. The highest BCUT2D eigenvalue weighted by Gasteiger charge is 2.09. The first-order chi connectivity index (χ1) is 8.86. The summed E-state index contributed by atoms with van der Waals surface area (Å²) in [6.07, 6.45) is 0. The highest BCUT2D eigenvalue weighted by molar-refractivity contribution is 5.78. The number of rotatable bonds is 5. The van der Waals surface area contributed by atoms with E-state index in [1.165, 1.54) is 16.8 Å². The van der Waals surface area contributed by atoms with E-state index in [4.69, 9.17) is 5.73 Å². The minimum Gasteiger partial charge on any atom is -0.370 e. The van der Waals surface area contributed by atoms with Gasteiger partial charge in [0.1, 0.15) is 0 Å². The third kappa shape index (κ3) is 2.71. The third-order valence-corrected chi connectivity index (χ3v) is 3.11. The van der Waals surface area contributed by atoms with Gasteiger partial charge in [-0.3, -0.25) is 0 Å². The molecule has 0 bridgehead atoms. The normalized spacial score (nSPS) is 10.3. The van der Waals surface area contributed by atoms with Crippen LogP contribution in [-0.4, -0.2) is 19.6 Å². The Kier molecular flexibility index (Phi) is 4.37. The summed E-state index contributed by atoms with van der Waals surface area (Å²) in [4.78, 5) is 2.32. The van der Waals surface area contributed by atoms with E-state index in [9.17, 15) is 0 Å².